The fraction of sp³-hybridized carbons (Fsp3) is 0.344. The maximum atomic E-state index is 14.1. The van der Waals surface area contributed by atoms with Gasteiger partial charge < -0.3 is 14.6 Å². The molecule has 212 valence electrons. The average Bonchev–Trinajstić information content (AvgIpc) is 3.70. The summed E-state index contributed by atoms with van der Waals surface area (Å²) >= 11 is 1.54. The number of likely N-dealkylation sites (tertiary alicyclic amines) is 1. The quantitative estimate of drug-likeness (QED) is 0.269. The Bertz CT molecular complexity index is 1500. The van der Waals surface area contributed by atoms with Gasteiger partial charge >= 0.3 is 0 Å². The van der Waals surface area contributed by atoms with Gasteiger partial charge in [-0.3, -0.25) is 19.5 Å². The molecule has 4 heterocycles. The molecule has 9 heteroatoms. The molecule has 4 atom stereocenters. The Balaban J connectivity index is 1.26. The molecule has 41 heavy (non-hydrogen) atoms. The van der Waals surface area contributed by atoms with E-state index < -0.39 is 23.4 Å². The number of benzene rings is 1. The molecule has 2 amide bonds. The predicted octanol–water partition coefficient (Wildman–Crippen LogP) is 5.47. The van der Waals surface area contributed by atoms with Crippen LogP contribution < -0.4 is 0 Å². The van der Waals surface area contributed by atoms with Crippen molar-refractivity contribution >= 4 is 34.8 Å². The standard InChI is InChI=1S/C32H31FN2O5S/c1-39-17-21-15-23-30(32(38)35(31(23)37)16-22-5-4-12-41-22)24-18-40-28(29(21)24)10-8-20(26-6-2-3-11-34-26)13-19-7-9-27(36)25(33)14-19/h2-7,9,11-14,23-24,28,30,36H,8,10,15-18H2,1H3/b20-13-/t23-,24+,28-,30-/m1/s1. The van der Waals surface area contributed by atoms with Gasteiger partial charge in [-0.05, 0) is 83.3 Å². The molecular formula is C32H31FN2O5S. The van der Waals surface area contributed by atoms with E-state index in [0.717, 1.165) is 27.3 Å². The first kappa shape index (κ1) is 27.5. The summed E-state index contributed by atoms with van der Waals surface area (Å²) in [5, 5.41) is 11.6. The molecule has 0 unspecified atom stereocenters. The molecule has 2 aromatic heterocycles. The number of thiophene rings is 1. The number of halogens is 1. The zero-order valence-corrected chi connectivity index (χ0v) is 23.5. The number of ether oxygens (including phenoxy) is 2. The summed E-state index contributed by atoms with van der Waals surface area (Å²) in [4.78, 5) is 34.0. The lowest BCUT2D eigenvalue weighted by atomic mass is 9.69. The number of nitrogens with zero attached hydrogens (tertiary/aromatic N) is 2. The highest BCUT2D eigenvalue weighted by atomic mass is 32.1. The summed E-state index contributed by atoms with van der Waals surface area (Å²) in [6.07, 6.45) is 5.07. The first-order valence-electron chi connectivity index (χ1n) is 13.7. The molecule has 3 aliphatic rings. The van der Waals surface area contributed by atoms with Crippen molar-refractivity contribution in [3.8, 4) is 5.75 Å². The number of pyridine rings is 1. The Morgan fingerprint density at radius 2 is 2.07 bits per heavy atom. The number of amides is 2. The molecule has 1 aromatic carbocycles. The van der Waals surface area contributed by atoms with Gasteiger partial charge in [-0.1, -0.05) is 18.2 Å². The van der Waals surface area contributed by atoms with Crippen molar-refractivity contribution in [3.05, 3.63) is 93.2 Å². The molecule has 0 radical (unpaired) electrons. The van der Waals surface area contributed by atoms with Crippen LogP contribution in [0.5, 0.6) is 5.75 Å². The minimum atomic E-state index is -0.684. The highest BCUT2D eigenvalue weighted by Crippen LogP contribution is 2.50. The second kappa shape index (κ2) is 11.7. The Hall–Kier alpha value is -3.66. The Labute approximate surface area is 241 Å². The largest absolute Gasteiger partial charge is 0.505 e. The number of carbonyl (C=O) groups excluding carboxylic acids is 2. The van der Waals surface area contributed by atoms with E-state index in [0.29, 0.717) is 44.6 Å². The molecule has 7 nitrogen and oxygen atoms in total. The predicted molar refractivity (Wildman–Crippen MR) is 153 cm³/mol. The van der Waals surface area contributed by atoms with Crippen LogP contribution in [0.4, 0.5) is 4.39 Å². The number of imide groups is 1. The van der Waals surface area contributed by atoms with Crippen molar-refractivity contribution in [2.75, 3.05) is 20.3 Å². The summed E-state index contributed by atoms with van der Waals surface area (Å²) in [6, 6.07) is 13.8. The summed E-state index contributed by atoms with van der Waals surface area (Å²) in [7, 11) is 1.64. The third-order valence-electron chi connectivity index (χ3n) is 8.29. The molecule has 1 aliphatic carbocycles. The fourth-order valence-electron chi connectivity index (χ4n) is 6.49. The van der Waals surface area contributed by atoms with Crippen molar-refractivity contribution in [2.24, 2.45) is 17.8 Å². The number of fused-ring (bicyclic) bond motifs is 3. The highest BCUT2D eigenvalue weighted by Gasteiger charge is 2.56. The molecule has 2 saturated heterocycles. The van der Waals surface area contributed by atoms with Crippen LogP contribution in [-0.2, 0) is 25.6 Å². The van der Waals surface area contributed by atoms with Gasteiger partial charge in [-0.25, -0.2) is 4.39 Å². The molecule has 0 bridgehead atoms. The fourth-order valence-corrected chi connectivity index (χ4v) is 7.18. The topological polar surface area (TPSA) is 89.0 Å². The van der Waals surface area contributed by atoms with Gasteiger partial charge in [-0.2, -0.15) is 0 Å². The van der Waals surface area contributed by atoms with Crippen LogP contribution in [-0.4, -0.2) is 53.2 Å². The van der Waals surface area contributed by atoms with Crippen molar-refractivity contribution < 1.29 is 28.6 Å². The van der Waals surface area contributed by atoms with E-state index in [9.17, 15) is 19.1 Å². The van der Waals surface area contributed by atoms with Crippen LogP contribution in [0.3, 0.4) is 0 Å². The molecular weight excluding hydrogens is 543 g/mol. The van der Waals surface area contributed by atoms with Gasteiger partial charge in [0.1, 0.15) is 0 Å². The summed E-state index contributed by atoms with van der Waals surface area (Å²) in [5.41, 5.74) is 4.42. The third-order valence-corrected chi connectivity index (χ3v) is 9.16. The number of methoxy groups -OCH3 is 1. The van der Waals surface area contributed by atoms with Crippen LogP contribution in [0.1, 0.15) is 35.4 Å². The average molecular weight is 575 g/mol. The van der Waals surface area contributed by atoms with E-state index in [-0.39, 0.29) is 23.8 Å². The van der Waals surface area contributed by atoms with E-state index in [4.69, 9.17) is 9.47 Å². The molecule has 0 spiro atoms. The zero-order valence-electron chi connectivity index (χ0n) is 22.7. The van der Waals surface area contributed by atoms with E-state index in [1.54, 1.807) is 30.7 Å². The first-order valence-corrected chi connectivity index (χ1v) is 14.6. The summed E-state index contributed by atoms with van der Waals surface area (Å²) in [6.45, 7) is 1.08. The minimum Gasteiger partial charge on any atom is -0.505 e. The van der Waals surface area contributed by atoms with Crippen molar-refractivity contribution in [2.45, 2.75) is 31.9 Å². The van der Waals surface area contributed by atoms with E-state index in [2.05, 4.69) is 4.98 Å². The van der Waals surface area contributed by atoms with Gasteiger partial charge in [0.2, 0.25) is 11.8 Å². The molecule has 3 aromatic rings. The first-order chi connectivity index (χ1) is 19.9. The Morgan fingerprint density at radius 3 is 2.80 bits per heavy atom. The number of hydrogen-bond donors (Lipinski definition) is 1. The Kier molecular flexibility index (Phi) is 7.84. The van der Waals surface area contributed by atoms with E-state index >= 15 is 0 Å². The molecule has 2 aliphatic heterocycles. The minimum absolute atomic E-state index is 0.106. The summed E-state index contributed by atoms with van der Waals surface area (Å²) < 4.78 is 26.0. The van der Waals surface area contributed by atoms with Gasteiger partial charge in [-0.15, -0.1) is 11.3 Å². The number of allylic oxidation sites excluding steroid dienone is 1. The van der Waals surface area contributed by atoms with Gasteiger partial charge in [0.05, 0.1) is 43.4 Å². The van der Waals surface area contributed by atoms with Crippen LogP contribution in [0.25, 0.3) is 11.6 Å². The van der Waals surface area contributed by atoms with E-state index in [1.165, 1.54) is 17.0 Å². The van der Waals surface area contributed by atoms with Crippen LogP contribution >= 0.6 is 11.3 Å². The molecule has 6 rings (SSSR count). The second-order valence-electron chi connectivity index (χ2n) is 10.7. The maximum absolute atomic E-state index is 14.1. The second-order valence-corrected chi connectivity index (χ2v) is 11.8. The maximum Gasteiger partial charge on any atom is 0.234 e. The number of phenolic OH excluding ortho intramolecular Hbond substituents is 1. The lowest BCUT2D eigenvalue weighted by Gasteiger charge is -2.31. The van der Waals surface area contributed by atoms with Gasteiger partial charge in [0, 0.05) is 24.1 Å². The normalized spacial score (nSPS) is 24.2. The van der Waals surface area contributed by atoms with Gasteiger partial charge in [0.25, 0.3) is 0 Å². The SMILES string of the molecule is COCC1=C2[C@@H](CC/C(=C/c3ccc(O)c(F)c3)c3ccccn3)OC[C@@H]2[C@@H]2C(=O)N(Cc3cccs3)C(=O)[C@@H]2C1. The van der Waals surface area contributed by atoms with Crippen molar-refractivity contribution in [3.63, 3.8) is 0 Å². The zero-order chi connectivity index (χ0) is 28.5. The number of hydrogen-bond acceptors (Lipinski definition) is 7. The monoisotopic (exact) mass is 574 g/mol. The number of rotatable bonds is 9. The lowest BCUT2D eigenvalue weighted by molar-refractivity contribution is -0.140. The summed E-state index contributed by atoms with van der Waals surface area (Å²) in [5.74, 6) is -2.27. The van der Waals surface area contributed by atoms with Crippen LogP contribution in [0.2, 0.25) is 0 Å². The van der Waals surface area contributed by atoms with Gasteiger partial charge in [0.15, 0.2) is 11.6 Å². The molecule has 0 saturated carbocycles. The lowest BCUT2D eigenvalue weighted by Crippen LogP contribution is -2.35. The van der Waals surface area contributed by atoms with Crippen LogP contribution in [0.15, 0.2) is 71.3 Å². The number of carbonyl (C=O) groups is 2. The smallest absolute Gasteiger partial charge is 0.234 e. The highest BCUT2D eigenvalue weighted by molar-refractivity contribution is 7.09. The Morgan fingerprint density at radius 1 is 1.20 bits per heavy atom. The third kappa shape index (κ3) is 5.37. The van der Waals surface area contributed by atoms with Crippen molar-refractivity contribution in [1.82, 2.24) is 9.88 Å². The molecule has 1 N–H and O–H groups in total. The number of aromatic hydroxyl groups is 1. The van der Waals surface area contributed by atoms with Crippen molar-refractivity contribution in [1.29, 1.82) is 0 Å². The number of phenols is 1. The van der Waals surface area contributed by atoms with Crippen LogP contribution in [0, 0.1) is 23.6 Å². The molecule has 2 fully saturated rings. The number of aromatic nitrogens is 1. The van der Waals surface area contributed by atoms with E-state index in [1.807, 2.05) is 41.8 Å².